The van der Waals surface area contributed by atoms with Gasteiger partial charge in [0, 0.05) is 50.7 Å². The Balaban J connectivity index is 1.37. The maximum atomic E-state index is 13.6. The van der Waals surface area contributed by atoms with E-state index in [-0.39, 0.29) is 23.8 Å². The quantitative estimate of drug-likeness (QED) is 0.269. The SMILES string of the molecule is Cc1cc(C)cc(-c2[nH]c3c(c2[C@H](C)CNCCC2CCOCC2)CN(C(=O)Cc2ccccc2C(F)(F)F)CC3)c1. The molecule has 1 amide bonds. The highest BCUT2D eigenvalue weighted by Gasteiger charge is 2.35. The number of aromatic amines is 1. The van der Waals surface area contributed by atoms with Gasteiger partial charge in [-0.25, -0.2) is 0 Å². The zero-order valence-electron chi connectivity index (χ0n) is 24.9. The van der Waals surface area contributed by atoms with Gasteiger partial charge >= 0.3 is 6.18 Å². The fraction of sp³-hybridized carbons (Fsp3) is 0.500. The number of carbonyl (C=O) groups is 1. The van der Waals surface area contributed by atoms with Gasteiger partial charge < -0.3 is 19.9 Å². The fourth-order valence-electron chi connectivity index (χ4n) is 6.61. The molecule has 1 saturated heterocycles. The topological polar surface area (TPSA) is 57.4 Å². The van der Waals surface area contributed by atoms with Crippen molar-refractivity contribution < 1.29 is 22.7 Å². The van der Waals surface area contributed by atoms with Crippen molar-refractivity contribution in [3.8, 4) is 11.3 Å². The van der Waals surface area contributed by atoms with Crippen molar-refractivity contribution in [2.75, 3.05) is 32.8 Å². The van der Waals surface area contributed by atoms with E-state index in [1.165, 1.54) is 28.8 Å². The van der Waals surface area contributed by atoms with Crippen LogP contribution in [0.25, 0.3) is 11.3 Å². The van der Waals surface area contributed by atoms with Gasteiger partial charge in [-0.15, -0.1) is 0 Å². The van der Waals surface area contributed by atoms with Gasteiger partial charge in [-0.05, 0) is 91.9 Å². The van der Waals surface area contributed by atoms with Crippen LogP contribution in [0.5, 0.6) is 0 Å². The first-order valence-electron chi connectivity index (χ1n) is 15.1. The van der Waals surface area contributed by atoms with Crippen molar-refractivity contribution in [3.63, 3.8) is 0 Å². The van der Waals surface area contributed by atoms with Crippen LogP contribution in [-0.4, -0.2) is 48.6 Å². The fourth-order valence-corrected chi connectivity index (χ4v) is 6.61. The molecule has 2 N–H and O–H groups in total. The zero-order valence-corrected chi connectivity index (χ0v) is 24.9. The second-order valence-electron chi connectivity index (χ2n) is 12.1. The van der Waals surface area contributed by atoms with Crippen molar-refractivity contribution in [2.24, 2.45) is 5.92 Å². The van der Waals surface area contributed by atoms with E-state index in [4.69, 9.17) is 4.74 Å². The Morgan fingerprint density at radius 1 is 1.12 bits per heavy atom. The second kappa shape index (κ2) is 13.0. The van der Waals surface area contributed by atoms with Crippen LogP contribution in [0.2, 0.25) is 0 Å². The van der Waals surface area contributed by atoms with E-state index in [9.17, 15) is 18.0 Å². The lowest BCUT2D eigenvalue weighted by atomic mass is 9.90. The Labute approximate surface area is 246 Å². The Bertz CT molecular complexity index is 1370. The molecule has 3 heterocycles. The number of carbonyl (C=O) groups excluding carboxylic acids is 1. The molecule has 2 aliphatic rings. The third-order valence-electron chi connectivity index (χ3n) is 8.76. The predicted molar refractivity (Wildman–Crippen MR) is 159 cm³/mol. The number of aromatic nitrogens is 1. The molecule has 3 aromatic rings. The number of amides is 1. The number of nitrogens with zero attached hydrogens (tertiary/aromatic N) is 1. The largest absolute Gasteiger partial charge is 0.416 e. The van der Waals surface area contributed by atoms with E-state index in [1.54, 1.807) is 11.0 Å². The molecular weight excluding hydrogens is 539 g/mol. The molecule has 0 aliphatic carbocycles. The summed E-state index contributed by atoms with van der Waals surface area (Å²) in [7, 11) is 0. The van der Waals surface area contributed by atoms with Crippen molar-refractivity contribution >= 4 is 5.91 Å². The number of ether oxygens (including phenoxy) is 1. The number of alkyl halides is 3. The molecule has 1 aromatic heterocycles. The minimum atomic E-state index is -4.49. The number of rotatable bonds is 9. The van der Waals surface area contributed by atoms with E-state index < -0.39 is 11.7 Å². The zero-order chi connectivity index (χ0) is 29.9. The molecule has 42 heavy (non-hydrogen) atoms. The van der Waals surface area contributed by atoms with Crippen LogP contribution in [-0.2, 0) is 35.1 Å². The van der Waals surface area contributed by atoms with Gasteiger partial charge in [-0.2, -0.15) is 13.2 Å². The number of hydrogen-bond acceptors (Lipinski definition) is 3. The van der Waals surface area contributed by atoms with Crippen molar-refractivity contribution in [1.29, 1.82) is 0 Å². The normalized spacial score (nSPS) is 16.9. The molecular formula is C34H42F3N3O2. The standard InChI is InChI=1S/C34H42F3N3O2/c1-22-16-23(2)18-27(17-22)33-32(24(3)20-38-12-8-25-10-14-42-15-11-25)28-21-40(13-9-30(28)39-33)31(41)19-26-6-4-5-7-29(26)34(35,36)37/h4-7,16-18,24-25,38-39H,8-15,19-21H2,1-3H3/t24-/m1/s1. The number of aryl methyl sites for hydroxylation is 2. The molecule has 0 bridgehead atoms. The lowest BCUT2D eigenvalue weighted by Crippen LogP contribution is -2.37. The number of hydrogen-bond donors (Lipinski definition) is 2. The van der Waals surface area contributed by atoms with Gasteiger partial charge in [0.15, 0.2) is 0 Å². The average molecular weight is 582 g/mol. The molecule has 0 spiro atoms. The highest BCUT2D eigenvalue weighted by Crippen LogP contribution is 2.38. The molecule has 2 aromatic carbocycles. The Kier molecular flexibility index (Phi) is 9.43. The highest BCUT2D eigenvalue weighted by molar-refractivity contribution is 5.80. The molecule has 0 unspecified atom stereocenters. The number of H-pyrrole nitrogens is 1. The van der Waals surface area contributed by atoms with Crippen molar-refractivity contribution in [2.45, 2.75) is 71.5 Å². The highest BCUT2D eigenvalue weighted by atomic mass is 19.4. The van der Waals surface area contributed by atoms with E-state index in [2.05, 4.69) is 49.3 Å². The summed E-state index contributed by atoms with van der Waals surface area (Å²) in [5, 5.41) is 3.67. The molecule has 1 fully saturated rings. The summed E-state index contributed by atoms with van der Waals surface area (Å²) in [4.78, 5) is 18.8. The third-order valence-corrected chi connectivity index (χ3v) is 8.76. The van der Waals surface area contributed by atoms with Gasteiger partial charge in [0.1, 0.15) is 0 Å². The van der Waals surface area contributed by atoms with Crippen LogP contribution in [0.3, 0.4) is 0 Å². The van der Waals surface area contributed by atoms with Gasteiger partial charge in [-0.1, -0.05) is 42.3 Å². The second-order valence-corrected chi connectivity index (χ2v) is 12.1. The van der Waals surface area contributed by atoms with Gasteiger partial charge in [0.25, 0.3) is 0 Å². The molecule has 0 saturated carbocycles. The Morgan fingerprint density at radius 3 is 2.55 bits per heavy atom. The van der Waals surface area contributed by atoms with Gasteiger partial charge in [0.2, 0.25) is 5.91 Å². The van der Waals surface area contributed by atoms with Crippen LogP contribution in [0, 0.1) is 19.8 Å². The number of halogens is 3. The number of fused-ring (bicyclic) bond motifs is 1. The summed E-state index contributed by atoms with van der Waals surface area (Å²) < 4.78 is 46.3. The molecule has 5 nitrogen and oxygen atoms in total. The van der Waals surface area contributed by atoms with Crippen molar-refractivity contribution in [1.82, 2.24) is 15.2 Å². The first-order chi connectivity index (χ1) is 20.1. The van der Waals surface area contributed by atoms with E-state index >= 15 is 0 Å². The summed E-state index contributed by atoms with van der Waals surface area (Å²) in [6.07, 6.45) is -0.740. The third kappa shape index (κ3) is 7.09. The molecule has 0 radical (unpaired) electrons. The Morgan fingerprint density at radius 2 is 1.83 bits per heavy atom. The summed E-state index contributed by atoms with van der Waals surface area (Å²) in [5.41, 5.74) is 7.28. The van der Waals surface area contributed by atoms with Crippen molar-refractivity contribution in [3.05, 3.63) is 81.5 Å². The number of nitrogens with one attached hydrogen (secondary N) is 2. The summed E-state index contributed by atoms with van der Waals surface area (Å²) in [5.74, 6) is 0.602. The maximum absolute atomic E-state index is 13.6. The first-order valence-corrected chi connectivity index (χ1v) is 15.1. The predicted octanol–water partition coefficient (Wildman–Crippen LogP) is 6.95. The van der Waals surface area contributed by atoms with Crippen LogP contribution < -0.4 is 5.32 Å². The molecule has 2 aliphatic heterocycles. The van der Waals surface area contributed by atoms with Crippen LogP contribution in [0.4, 0.5) is 13.2 Å². The van der Waals surface area contributed by atoms with E-state index in [0.717, 1.165) is 74.1 Å². The van der Waals surface area contributed by atoms with Gasteiger partial charge in [-0.3, -0.25) is 4.79 Å². The smallest absolute Gasteiger partial charge is 0.381 e. The molecule has 5 rings (SSSR count). The minimum absolute atomic E-state index is 0.0214. The Hall–Kier alpha value is -3.10. The lowest BCUT2D eigenvalue weighted by molar-refractivity contribution is -0.138. The number of benzene rings is 2. The lowest BCUT2D eigenvalue weighted by Gasteiger charge is -2.29. The van der Waals surface area contributed by atoms with Crippen LogP contribution in [0.15, 0.2) is 42.5 Å². The van der Waals surface area contributed by atoms with Gasteiger partial charge in [0.05, 0.1) is 12.0 Å². The van der Waals surface area contributed by atoms with E-state index in [1.807, 2.05) is 0 Å². The molecule has 226 valence electrons. The molecule has 1 atom stereocenters. The van der Waals surface area contributed by atoms with Crippen LogP contribution in [0.1, 0.15) is 71.2 Å². The summed E-state index contributed by atoms with van der Waals surface area (Å²) >= 11 is 0. The van der Waals surface area contributed by atoms with Crippen LogP contribution >= 0.6 is 0 Å². The summed E-state index contributed by atoms with van der Waals surface area (Å²) in [6, 6.07) is 11.9. The average Bonchev–Trinajstić information content (AvgIpc) is 3.34. The first kappa shape index (κ1) is 30.4. The van der Waals surface area contributed by atoms with E-state index in [0.29, 0.717) is 25.4 Å². The molecule has 8 heteroatoms. The summed E-state index contributed by atoms with van der Waals surface area (Å²) in [6.45, 7) is 10.7. The maximum Gasteiger partial charge on any atom is 0.416 e. The monoisotopic (exact) mass is 581 g/mol. The minimum Gasteiger partial charge on any atom is -0.381 e.